The second-order valence-electron chi connectivity index (χ2n) is 7.38. The van der Waals surface area contributed by atoms with E-state index in [4.69, 9.17) is 14.2 Å². The summed E-state index contributed by atoms with van der Waals surface area (Å²) in [4.78, 5) is 0. The lowest BCUT2D eigenvalue weighted by molar-refractivity contribution is -0.271. The van der Waals surface area contributed by atoms with Gasteiger partial charge >= 0.3 is 0 Å². The highest BCUT2D eigenvalue weighted by atomic mass is 32.2. The highest BCUT2D eigenvalue weighted by molar-refractivity contribution is 7.93. The van der Waals surface area contributed by atoms with Crippen molar-refractivity contribution in [1.29, 1.82) is 0 Å². The SMILES string of the molecule is CC1COC(C)(C)OC1S(=O)(=O)C1(COCc2ccccc2)CC1. The van der Waals surface area contributed by atoms with Crippen LogP contribution >= 0.6 is 0 Å². The molecule has 1 saturated heterocycles. The smallest absolute Gasteiger partial charge is 0.185 e. The first kappa shape index (κ1) is 17.9. The minimum atomic E-state index is -3.45. The van der Waals surface area contributed by atoms with Crippen LogP contribution in [-0.4, -0.2) is 37.6 Å². The first-order valence-electron chi connectivity index (χ1n) is 8.43. The van der Waals surface area contributed by atoms with Crippen LogP contribution in [0, 0.1) is 5.92 Å². The summed E-state index contributed by atoms with van der Waals surface area (Å²) >= 11 is 0. The molecule has 0 radical (unpaired) electrons. The molecule has 6 heteroatoms. The molecule has 0 spiro atoms. The third-order valence-corrected chi connectivity index (χ3v) is 7.66. The zero-order valence-electron chi connectivity index (χ0n) is 14.5. The predicted octanol–water partition coefficient (Wildman–Crippen LogP) is 2.90. The fourth-order valence-electron chi connectivity index (χ4n) is 3.04. The van der Waals surface area contributed by atoms with Crippen LogP contribution in [0.1, 0.15) is 39.2 Å². The maximum Gasteiger partial charge on any atom is 0.185 e. The van der Waals surface area contributed by atoms with Crippen molar-refractivity contribution < 1.29 is 22.6 Å². The molecular formula is C18H26O5S. The van der Waals surface area contributed by atoms with E-state index in [2.05, 4.69) is 0 Å². The van der Waals surface area contributed by atoms with Crippen LogP contribution in [0.2, 0.25) is 0 Å². The predicted molar refractivity (Wildman–Crippen MR) is 91.1 cm³/mol. The molecule has 1 heterocycles. The van der Waals surface area contributed by atoms with Gasteiger partial charge in [0.25, 0.3) is 0 Å². The van der Waals surface area contributed by atoms with Crippen molar-refractivity contribution in [2.45, 2.75) is 56.2 Å². The molecule has 1 aliphatic heterocycles. The lowest BCUT2D eigenvalue weighted by Gasteiger charge is -2.40. The second kappa shape index (κ2) is 6.41. The van der Waals surface area contributed by atoms with E-state index in [9.17, 15) is 8.42 Å². The molecule has 1 saturated carbocycles. The zero-order valence-corrected chi connectivity index (χ0v) is 15.3. The first-order chi connectivity index (χ1) is 11.3. The van der Waals surface area contributed by atoms with E-state index in [1.165, 1.54) is 0 Å². The van der Waals surface area contributed by atoms with Gasteiger partial charge in [-0.15, -0.1) is 0 Å². The lowest BCUT2D eigenvalue weighted by atomic mass is 10.2. The Hall–Kier alpha value is -0.950. The summed E-state index contributed by atoms with van der Waals surface area (Å²) in [7, 11) is -3.45. The molecule has 1 aromatic carbocycles. The van der Waals surface area contributed by atoms with Gasteiger partial charge in [-0.1, -0.05) is 37.3 Å². The van der Waals surface area contributed by atoms with Crippen LogP contribution in [0.25, 0.3) is 0 Å². The fourth-order valence-corrected chi connectivity index (χ4v) is 5.50. The molecule has 2 atom stereocenters. The molecule has 2 fully saturated rings. The molecule has 1 aromatic rings. The highest BCUT2D eigenvalue weighted by Gasteiger charge is 2.60. The molecule has 2 unspecified atom stereocenters. The van der Waals surface area contributed by atoms with Gasteiger partial charge in [-0.25, -0.2) is 8.42 Å². The third kappa shape index (κ3) is 3.52. The number of ether oxygens (including phenoxy) is 3. The van der Waals surface area contributed by atoms with Crippen molar-refractivity contribution in [1.82, 2.24) is 0 Å². The van der Waals surface area contributed by atoms with Crippen molar-refractivity contribution in [2.24, 2.45) is 5.92 Å². The van der Waals surface area contributed by atoms with Crippen molar-refractivity contribution >= 4 is 9.84 Å². The van der Waals surface area contributed by atoms with Gasteiger partial charge in [0, 0.05) is 5.92 Å². The molecule has 0 bridgehead atoms. The molecule has 2 aliphatic rings. The van der Waals surface area contributed by atoms with Gasteiger partial charge in [-0.3, -0.25) is 0 Å². The minimum Gasteiger partial charge on any atom is -0.375 e. The Morgan fingerprint density at radius 3 is 2.50 bits per heavy atom. The van der Waals surface area contributed by atoms with Crippen molar-refractivity contribution in [3.05, 3.63) is 35.9 Å². The van der Waals surface area contributed by atoms with E-state index in [0.29, 0.717) is 26.1 Å². The van der Waals surface area contributed by atoms with Crippen molar-refractivity contribution in [3.8, 4) is 0 Å². The third-order valence-electron chi connectivity index (χ3n) is 4.75. The highest BCUT2D eigenvalue weighted by Crippen LogP contribution is 2.48. The van der Waals surface area contributed by atoms with Gasteiger partial charge in [0.05, 0.1) is 24.6 Å². The summed E-state index contributed by atoms with van der Waals surface area (Å²) in [5.41, 5.74) is 0.214. The monoisotopic (exact) mass is 354 g/mol. The normalized spacial score (nSPS) is 28.5. The summed E-state index contributed by atoms with van der Waals surface area (Å²) in [5, 5.41) is 0. The van der Waals surface area contributed by atoms with Gasteiger partial charge in [0.15, 0.2) is 21.1 Å². The molecule has 3 rings (SSSR count). The Balaban J connectivity index is 1.67. The number of rotatable bonds is 6. The molecule has 134 valence electrons. The molecule has 0 aromatic heterocycles. The summed E-state index contributed by atoms with van der Waals surface area (Å²) in [6, 6.07) is 9.78. The average molecular weight is 354 g/mol. The molecule has 0 N–H and O–H groups in total. The standard InChI is InChI=1S/C18H26O5S/c1-14-11-22-17(2,3)23-16(14)24(19,20)18(9-10-18)13-21-12-15-7-5-4-6-8-15/h4-8,14,16H,9-13H2,1-3H3. The van der Waals surface area contributed by atoms with Crippen molar-refractivity contribution in [2.75, 3.05) is 13.2 Å². The van der Waals surface area contributed by atoms with Crippen LogP contribution in [-0.2, 0) is 30.7 Å². The quantitative estimate of drug-likeness (QED) is 0.786. The van der Waals surface area contributed by atoms with E-state index in [-0.39, 0.29) is 12.5 Å². The number of hydrogen-bond acceptors (Lipinski definition) is 5. The summed E-state index contributed by atoms with van der Waals surface area (Å²) in [5.74, 6) is -1.06. The fraction of sp³-hybridized carbons (Fsp3) is 0.667. The van der Waals surface area contributed by atoms with Crippen molar-refractivity contribution in [3.63, 3.8) is 0 Å². The summed E-state index contributed by atoms with van der Waals surface area (Å²) < 4.78 is 42.6. The average Bonchev–Trinajstić information content (AvgIpc) is 3.32. The van der Waals surface area contributed by atoms with Crippen LogP contribution < -0.4 is 0 Å². The van der Waals surface area contributed by atoms with E-state index in [0.717, 1.165) is 5.56 Å². The number of hydrogen-bond donors (Lipinski definition) is 0. The van der Waals surface area contributed by atoms with Gasteiger partial charge in [0.1, 0.15) is 0 Å². The van der Waals surface area contributed by atoms with Crippen LogP contribution in [0.5, 0.6) is 0 Å². The summed E-state index contributed by atoms with van der Waals surface area (Å²) in [6.45, 7) is 6.40. The molecule has 1 aliphatic carbocycles. The van der Waals surface area contributed by atoms with Gasteiger partial charge in [0.2, 0.25) is 0 Å². The van der Waals surface area contributed by atoms with Crippen LogP contribution in [0.4, 0.5) is 0 Å². The van der Waals surface area contributed by atoms with E-state index in [1.54, 1.807) is 13.8 Å². The Morgan fingerprint density at radius 2 is 1.88 bits per heavy atom. The Bertz CT molecular complexity index is 664. The second-order valence-corrected chi connectivity index (χ2v) is 9.80. The molecule has 24 heavy (non-hydrogen) atoms. The largest absolute Gasteiger partial charge is 0.375 e. The zero-order chi connectivity index (χ0) is 17.4. The number of sulfone groups is 1. The number of benzene rings is 1. The Labute approximate surface area is 144 Å². The van der Waals surface area contributed by atoms with E-state index in [1.807, 2.05) is 37.3 Å². The molecule has 5 nitrogen and oxygen atoms in total. The van der Waals surface area contributed by atoms with Gasteiger partial charge in [-0.2, -0.15) is 0 Å². The van der Waals surface area contributed by atoms with Crippen LogP contribution in [0.15, 0.2) is 30.3 Å². The lowest BCUT2D eigenvalue weighted by Crippen LogP contribution is -2.51. The Kier molecular flexibility index (Phi) is 4.77. The van der Waals surface area contributed by atoms with E-state index >= 15 is 0 Å². The first-order valence-corrected chi connectivity index (χ1v) is 9.97. The maximum absolute atomic E-state index is 13.1. The topological polar surface area (TPSA) is 61.8 Å². The Morgan fingerprint density at radius 1 is 1.21 bits per heavy atom. The van der Waals surface area contributed by atoms with Gasteiger partial charge in [-0.05, 0) is 32.3 Å². The maximum atomic E-state index is 13.1. The molecular weight excluding hydrogens is 328 g/mol. The summed E-state index contributed by atoms with van der Waals surface area (Å²) in [6.07, 6.45) is 1.27. The molecule has 0 amide bonds. The minimum absolute atomic E-state index is 0.186. The van der Waals surface area contributed by atoms with Crippen LogP contribution in [0.3, 0.4) is 0 Å². The van der Waals surface area contributed by atoms with E-state index < -0.39 is 25.8 Å². The van der Waals surface area contributed by atoms with Gasteiger partial charge < -0.3 is 14.2 Å².